The Labute approximate surface area is 96.4 Å². The van der Waals surface area contributed by atoms with Crippen LogP contribution in [0.15, 0.2) is 0 Å². The Morgan fingerprint density at radius 3 is 1.62 bits per heavy atom. The first-order valence-electron chi connectivity index (χ1n) is 5.46. The zero-order valence-corrected chi connectivity index (χ0v) is 11.5. The minimum absolute atomic E-state index is 0.0487. The maximum absolute atomic E-state index is 12.2. The van der Waals surface area contributed by atoms with Crippen LogP contribution in [0.25, 0.3) is 0 Å². The minimum Gasteiger partial charge on any atom is -0.392 e. The van der Waals surface area contributed by atoms with Crippen molar-refractivity contribution < 1.29 is 22.0 Å². The molecule has 98 valence electrons. The van der Waals surface area contributed by atoms with Crippen molar-refractivity contribution in [3.8, 4) is 0 Å². The molecule has 0 spiro atoms. The lowest BCUT2D eigenvalue weighted by Gasteiger charge is -2.31. The van der Waals surface area contributed by atoms with Crippen LogP contribution in [0, 0.1) is 0 Å². The summed E-state index contributed by atoms with van der Waals surface area (Å²) in [6.07, 6.45) is -5.20. The Morgan fingerprint density at radius 2 is 1.38 bits per heavy atom. The van der Waals surface area contributed by atoms with Crippen LogP contribution in [0.4, 0.5) is 13.2 Å². The van der Waals surface area contributed by atoms with Crippen molar-refractivity contribution in [2.45, 2.75) is 65.1 Å². The lowest BCUT2D eigenvalue weighted by Crippen LogP contribution is -2.43. The van der Waals surface area contributed by atoms with E-state index in [0.29, 0.717) is 0 Å². The van der Waals surface area contributed by atoms with Crippen LogP contribution in [0.1, 0.15) is 34.1 Å². The summed E-state index contributed by atoms with van der Waals surface area (Å²) in [6, 6.07) is -0.0487. The van der Waals surface area contributed by atoms with Gasteiger partial charge < -0.3 is 8.85 Å². The first-order chi connectivity index (χ1) is 7.04. The van der Waals surface area contributed by atoms with Crippen LogP contribution in [0.5, 0.6) is 0 Å². The van der Waals surface area contributed by atoms with Crippen LogP contribution in [0.3, 0.4) is 0 Å². The van der Waals surface area contributed by atoms with Gasteiger partial charge in [0.1, 0.15) is 0 Å². The highest BCUT2D eigenvalue weighted by Crippen LogP contribution is 2.28. The van der Waals surface area contributed by atoms with Gasteiger partial charge in [-0.25, -0.2) is 0 Å². The van der Waals surface area contributed by atoms with Crippen molar-refractivity contribution in [1.29, 1.82) is 0 Å². The number of hydrogen-bond donors (Lipinski definition) is 0. The van der Waals surface area contributed by atoms with Crippen molar-refractivity contribution in [2.75, 3.05) is 0 Å². The minimum atomic E-state index is -4.14. The molecule has 0 aliphatic carbocycles. The summed E-state index contributed by atoms with van der Waals surface area (Å²) in [5, 5.41) is 0. The fourth-order valence-corrected chi connectivity index (χ4v) is 4.53. The van der Waals surface area contributed by atoms with Gasteiger partial charge in [-0.05, 0) is 40.3 Å². The van der Waals surface area contributed by atoms with Gasteiger partial charge in [0.15, 0.2) is 0 Å². The molecule has 0 atom stereocenters. The largest absolute Gasteiger partial charge is 0.392 e. The van der Waals surface area contributed by atoms with E-state index in [1.54, 1.807) is 6.55 Å². The molecule has 2 nitrogen and oxygen atoms in total. The van der Waals surface area contributed by atoms with Crippen molar-refractivity contribution in [1.82, 2.24) is 0 Å². The van der Waals surface area contributed by atoms with Crippen LogP contribution >= 0.6 is 0 Å². The van der Waals surface area contributed by atoms with E-state index >= 15 is 0 Å². The van der Waals surface area contributed by atoms with Crippen molar-refractivity contribution in [3.05, 3.63) is 0 Å². The van der Waals surface area contributed by atoms with Gasteiger partial charge in [-0.2, -0.15) is 13.2 Å². The summed E-state index contributed by atoms with van der Waals surface area (Å²) < 4.78 is 47.6. The summed E-state index contributed by atoms with van der Waals surface area (Å²) in [7, 11) is -2.71. The molecule has 0 bridgehead atoms. The van der Waals surface area contributed by atoms with Gasteiger partial charge in [-0.15, -0.1) is 0 Å². The van der Waals surface area contributed by atoms with Gasteiger partial charge in [0, 0.05) is 18.6 Å². The van der Waals surface area contributed by atoms with Crippen LogP contribution < -0.4 is 0 Å². The molecule has 0 aliphatic heterocycles. The zero-order chi connectivity index (χ0) is 13.0. The molecule has 0 N–H and O–H groups in total. The van der Waals surface area contributed by atoms with Gasteiger partial charge in [0.05, 0.1) is 0 Å². The molecular formula is C10H21F3O2Si. The molecule has 0 heterocycles. The van der Waals surface area contributed by atoms with Gasteiger partial charge in [-0.3, -0.25) is 0 Å². The lowest BCUT2D eigenvalue weighted by atomic mass is 10.5. The smallest absolute Gasteiger partial charge is 0.389 e. The molecule has 0 saturated heterocycles. The van der Waals surface area contributed by atoms with E-state index in [4.69, 9.17) is 8.85 Å². The molecule has 0 aromatic carbocycles. The van der Waals surface area contributed by atoms with Crippen LogP contribution in [0.2, 0.25) is 12.6 Å². The third kappa shape index (κ3) is 8.12. The maximum atomic E-state index is 12.2. The quantitative estimate of drug-likeness (QED) is 0.673. The van der Waals surface area contributed by atoms with Gasteiger partial charge in [-0.1, -0.05) is 0 Å². The zero-order valence-electron chi connectivity index (χ0n) is 10.5. The van der Waals surface area contributed by atoms with Crippen LogP contribution in [-0.2, 0) is 8.85 Å². The summed E-state index contributed by atoms with van der Waals surface area (Å²) in [4.78, 5) is 0. The Morgan fingerprint density at radius 1 is 1.00 bits per heavy atom. The fraction of sp³-hybridized carbons (Fsp3) is 1.00. The molecule has 6 heteroatoms. The Bertz CT molecular complexity index is 195. The van der Waals surface area contributed by atoms with Crippen molar-refractivity contribution in [3.63, 3.8) is 0 Å². The van der Waals surface area contributed by atoms with Crippen molar-refractivity contribution >= 4 is 8.56 Å². The molecular weight excluding hydrogens is 237 g/mol. The predicted molar refractivity (Wildman–Crippen MR) is 59.5 cm³/mol. The number of halogens is 3. The molecule has 0 aliphatic rings. The maximum Gasteiger partial charge on any atom is 0.389 e. The van der Waals surface area contributed by atoms with Crippen LogP contribution in [-0.4, -0.2) is 26.9 Å². The predicted octanol–water partition coefficient (Wildman–Crippen LogP) is 3.86. The molecule has 0 unspecified atom stereocenters. The highest BCUT2D eigenvalue weighted by Gasteiger charge is 2.39. The molecule has 0 aromatic rings. The van der Waals surface area contributed by atoms with E-state index < -0.39 is 21.2 Å². The molecule has 0 amide bonds. The molecule has 0 rings (SSSR count). The Balaban J connectivity index is 4.41. The van der Waals surface area contributed by atoms with Crippen molar-refractivity contribution in [2.24, 2.45) is 0 Å². The molecule has 0 fully saturated rings. The second-order valence-electron chi connectivity index (χ2n) is 4.58. The topological polar surface area (TPSA) is 18.5 Å². The van der Waals surface area contributed by atoms with E-state index in [-0.39, 0.29) is 18.3 Å². The SMILES string of the molecule is CC(C)O[Si](C)(CCC(F)(F)F)OC(C)C. The normalized spacial score (nSPS) is 13.9. The molecule has 0 radical (unpaired) electrons. The van der Waals surface area contributed by atoms with E-state index in [1.165, 1.54) is 0 Å². The highest BCUT2D eigenvalue weighted by atomic mass is 28.4. The molecule has 0 saturated carbocycles. The first-order valence-corrected chi connectivity index (χ1v) is 7.99. The number of hydrogen-bond acceptors (Lipinski definition) is 2. The second-order valence-corrected chi connectivity index (χ2v) is 7.82. The van der Waals surface area contributed by atoms with Gasteiger partial charge >= 0.3 is 14.7 Å². The summed E-state index contributed by atoms with van der Waals surface area (Å²) in [5.41, 5.74) is 0. The summed E-state index contributed by atoms with van der Waals surface area (Å²) in [5.74, 6) is 0. The standard InChI is InChI=1S/C10H21F3O2Si/c1-8(2)14-16(5,15-9(3)4)7-6-10(11,12)13/h8-9H,6-7H2,1-5H3. The molecule has 0 aromatic heterocycles. The van der Waals surface area contributed by atoms with E-state index in [1.807, 2.05) is 27.7 Å². The van der Waals surface area contributed by atoms with Gasteiger partial charge in [0.25, 0.3) is 0 Å². The monoisotopic (exact) mass is 258 g/mol. The third-order valence-electron chi connectivity index (χ3n) is 1.83. The average Bonchev–Trinajstić information content (AvgIpc) is 1.96. The second kappa shape index (κ2) is 6.02. The Hall–Kier alpha value is -0.0731. The Kier molecular flexibility index (Phi) is 5.99. The average molecular weight is 258 g/mol. The number of rotatable bonds is 6. The number of alkyl halides is 3. The van der Waals surface area contributed by atoms with Gasteiger partial charge in [0.2, 0.25) is 0 Å². The summed E-state index contributed by atoms with van der Waals surface area (Å²) in [6.45, 7) is 8.93. The lowest BCUT2D eigenvalue weighted by molar-refractivity contribution is -0.132. The van der Waals surface area contributed by atoms with E-state index in [2.05, 4.69) is 0 Å². The first kappa shape index (κ1) is 15.9. The third-order valence-corrected chi connectivity index (χ3v) is 4.93. The molecule has 16 heavy (non-hydrogen) atoms. The highest BCUT2D eigenvalue weighted by molar-refractivity contribution is 6.66. The van der Waals surface area contributed by atoms with E-state index in [9.17, 15) is 13.2 Å². The fourth-order valence-electron chi connectivity index (χ4n) is 1.51. The van der Waals surface area contributed by atoms with E-state index in [0.717, 1.165) is 0 Å². The summed E-state index contributed by atoms with van der Waals surface area (Å²) >= 11 is 0.